The van der Waals surface area contributed by atoms with Gasteiger partial charge in [-0.15, -0.1) is 0 Å². The molecule has 3 aromatic rings. The van der Waals surface area contributed by atoms with Gasteiger partial charge in [0.2, 0.25) is 5.91 Å². The molecule has 5 heteroatoms. The summed E-state index contributed by atoms with van der Waals surface area (Å²) >= 11 is 0. The second kappa shape index (κ2) is 6.69. The lowest BCUT2D eigenvalue weighted by Crippen LogP contribution is -2.29. The molecular weight excluding hydrogens is 290 g/mol. The van der Waals surface area contributed by atoms with E-state index in [1.54, 1.807) is 11.1 Å². The van der Waals surface area contributed by atoms with Crippen molar-refractivity contribution in [3.05, 3.63) is 54.6 Å². The molecule has 0 N–H and O–H groups in total. The number of fused-ring (bicyclic) bond motifs is 1. The second-order valence-corrected chi connectivity index (χ2v) is 5.74. The number of rotatable bonds is 6. The van der Waals surface area contributed by atoms with Gasteiger partial charge in [-0.1, -0.05) is 18.2 Å². The van der Waals surface area contributed by atoms with E-state index in [1.165, 1.54) is 0 Å². The van der Waals surface area contributed by atoms with E-state index in [-0.39, 0.29) is 11.9 Å². The van der Waals surface area contributed by atoms with Gasteiger partial charge >= 0.3 is 0 Å². The van der Waals surface area contributed by atoms with Gasteiger partial charge in [-0.05, 0) is 31.5 Å². The van der Waals surface area contributed by atoms with E-state index in [9.17, 15) is 4.79 Å². The average molecular weight is 311 g/mol. The maximum absolute atomic E-state index is 12.4. The summed E-state index contributed by atoms with van der Waals surface area (Å²) in [7, 11) is 1.83. The molecule has 0 bridgehead atoms. The SMILES string of the molecule is C[C@H](c1cc2ccccc2o1)N(C)C(=O)CCCn1cccn1. The van der Waals surface area contributed by atoms with Crippen LogP contribution in [0.2, 0.25) is 0 Å². The van der Waals surface area contributed by atoms with Crippen LogP contribution in [0.4, 0.5) is 0 Å². The van der Waals surface area contributed by atoms with Crippen LogP contribution in [0.25, 0.3) is 11.0 Å². The molecular formula is C18H21N3O2. The predicted molar refractivity (Wildman–Crippen MR) is 88.9 cm³/mol. The third-order valence-electron chi connectivity index (χ3n) is 4.17. The highest BCUT2D eigenvalue weighted by atomic mass is 16.3. The number of benzene rings is 1. The van der Waals surface area contributed by atoms with Gasteiger partial charge in [0, 0.05) is 37.8 Å². The largest absolute Gasteiger partial charge is 0.459 e. The van der Waals surface area contributed by atoms with Gasteiger partial charge in [0.15, 0.2) is 0 Å². The lowest BCUT2D eigenvalue weighted by Gasteiger charge is -2.23. The fourth-order valence-corrected chi connectivity index (χ4v) is 2.62. The quantitative estimate of drug-likeness (QED) is 0.698. The fourth-order valence-electron chi connectivity index (χ4n) is 2.62. The van der Waals surface area contributed by atoms with Gasteiger partial charge in [0.25, 0.3) is 0 Å². The van der Waals surface area contributed by atoms with E-state index >= 15 is 0 Å². The minimum absolute atomic E-state index is 0.0837. The van der Waals surface area contributed by atoms with Gasteiger partial charge in [-0.25, -0.2) is 0 Å². The lowest BCUT2D eigenvalue weighted by atomic mass is 10.2. The van der Waals surface area contributed by atoms with Crippen LogP contribution in [-0.4, -0.2) is 27.6 Å². The van der Waals surface area contributed by atoms with Gasteiger partial charge in [0.05, 0.1) is 6.04 Å². The number of hydrogen-bond acceptors (Lipinski definition) is 3. The molecule has 0 fully saturated rings. The van der Waals surface area contributed by atoms with Crippen LogP contribution in [0, 0.1) is 0 Å². The number of furan rings is 1. The molecule has 3 rings (SSSR count). The molecule has 2 heterocycles. The van der Waals surface area contributed by atoms with E-state index in [4.69, 9.17) is 4.42 Å². The molecule has 0 saturated carbocycles. The smallest absolute Gasteiger partial charge is 0.222 e. The normalized spacial score (nSPS) is 12.4. The molecule has 0 unspecified atom stereocenters. The maximum Gasteiger partial charge on any atom is 0.222 e. The summed E-state index contributed by atoms with van der Waals surface area (Å²) < 4.78 is 7.70. The minimum Gasteiger partial charge on any atom is -0.459 e. The molecule has 0 radical (unpaired) electrons. The second-order valence-electron chi connectivity index (χ2n) is 5.74. The van der Waals surface area contributed by atoms with E-state index in [1.807, 2.05) is 61.2 Å². The van der Waals surface area contributed by atoms with Crippen LogP contribution in [0.3, 0.4) is 0 Å². The molecule has 1 aromatic carbocycles. The first kappa shape index (κ1) is 15.3. The van der Waals surface area contributed by atoms with Gasteiger partial charge in [0.1, 0.15) is 11.3 Å². The first-order valence-corrected chi connectivity index (χ1v) is 7.86. The Labute approximate surface area is 135 Å². The summed E-state index contributed by atoms with van der Waals surface area (Å²) in [6, 6.07) is 11.7. The first-order chi connectivity index (χ1) is 11.1. The highest BCUT2D eigenvalue weighted by Crippen LogP contribution is 2.27. The monoisotopic (exact) mass is 311 g/mol. The van der Waals surface area contributed by atoms with E-state index in [0.29, 0.717) is 6.42 Å². The van der Waals surface area contributed by atoms with E-state index in [2.05, 4.69) is 5.10 Å². The molecule has 0 aliphatic rings. The van der Waals surface area contributed by atoms with Gasteiger partial charge in [-0.2, -0.15) is 5.10 Å². The highest BCUT2D eigenvalue weighted by Gasteiger charge is 2.20. The predicted octanol–water partition coefficient (Wildman–Crippen LogP) is 3.63. The molecule has 0 aliphatic carbocycles. The van der Waals surface area contributed by atoms with Crippen molar-refractivity contribution in [2.45, 2.75) is 32.4 Å². The van der Waals surface area contributed by atoms with Crippen molar-refractivity contribution in [3.8, 4) is 0 Å². The standard InChI is InChI=1S/C18H21N3O2/c1-14(17-13-15-7-3-4-8-16(15)23-17)20(2)18(22)9-5-11-21-12-6-10-19-21/h3-4,6-8,10,12-14H,5,9,11H2,1-2H3/t14-/m1/s1. The lowest BCUT2D eigenvalue weighted by molar-refractivity contribution is -0.132. The first-order valence-electron chi connectivity index (χ1n) is 7.86. The van der Waals surface area contributed by atoms with Gasteiger partial charge in [-0.3, -0.25) is 9.48 Å². The third kappa shape index (κ3) is 3.44. The minimum atomic E-state index is -0.0837. The summed E-state index contributed by atoms with van der Waals surface area (Å²) in [6.45, 7) is 2.74. The zero-order valence-corrected chi connectivity index (χ0v) is 13.5. The van der Waals surface area contributed by atoms with Crippen LogP contribution < -0.4 is 0 Å². The Morgan fingerprint density at radius 2 is 2.17 bits per heavy atom. The molecule has 2 aromatic heterocycles. The zero-order chi connectivity index (χ0) is 16.2. The van der Waals surface area contributed by atoms with E-state index < -0.39 is 0 Å². The van der Waals surface area contributed by atoms with E-state index in [0.717, 1.165) is 29.7 Å². The Bertz CT molecular complexity index is 744. The molecule has 1 amide bonds. The third-order valence-corrected chi connectivity index (χ3v) is 4.17. The number of amides is 1. The summed E-state index contributed by atoms with van der Waals surface area (Å²) in [6.07, 6.45) is 4.93. The molecule has 120 valence electrons. The van der Waals surface area contributed by atoms with Crippen molar-refractivity contribution in [1.82, 2.24) is 14.7 Å². The summed E-state index contributed by atoms with van der Waals surface area (Å²) in [4.78, 5) is 14.1. The van der Waals surface area contributed by atoms with Crippen molar-refractivity contribution in [2.75, 3.05) is 7.05 Å². The molecule has 0 aliphatic heterocycles. The number of carbonyl (C=O) groups is 1. The number of para-hydroxylation sites is 1. The molecule has 23 heavy (non-hydrogen) atoms. The summed E-state index contributed by atoms with van der Waals surface area (Å²) in [5.74, 6) is 0.930. The van der Waals surface area contributed by atoms with Crippen LogP contribution in [0.1, 0.15) is 31.6 Å². The zero-order valence-electron chi connectivity index (χ0n) is 13.5. The maximum atomic E-state index is 12.4. The Morgan fingerprint density at radius 3 is 2.91 bits per heavy atom. The Morgan fingerprint density at radius 1 is 1.35 bits per heavy atom. The van der Waals surface area contributed by atoms with Gasteiger partial charge < -0.3 is 9.32 Å². The molecule has 0 saturated heterocycles. The summed E-state index contributed by atoms with van der Waals surface area (Å²) in [5.41, 5.74) is 0.855. The van der Waals surface area contributed by atoms with Crippen molar-refractivity contribution in [2.24, 2.45) is 0 Å². The Kier molecular flexibility index (Phi) is 4.46. The Balaban J connectivity index is 1.59. The molecule has 0 spiro atoms. The number of nitrogens with zero attached hydrogens (tertiary/aromatic N) is 3. The number of carbonyl (C=O) groups excluding carboxylic acids is 1. The number of aromatic nitrogens is 2. The fraction of sp³-hybridized carbons (Fsp3) is 0.333. The van der Waals surface area contributed by atoms with Crippen molar-refractivity contribution < 1.29 is 9.21 Å². The van der Waals surface area contributed by atoms with Crippen LogP contribution in [0.15, 0.2) is 53.2 Å². The number of aryl methyl sites for hydroxylation is 1. The molecule has 1 atom stereocenters. The Hall–Kier alpha value is -2.56. The van der Waals surface area contributed by atoms with Crippen LogP contribution in [-0.2, 0) is 11.3 Å². The molecule has 5 nitrogen and oxygen atoms in total. The topological polar surface area (TPSA) is 51.3 Å². The average Bonchev–Trinajstić information content (AvgIpc) is 3.22. The van der Waals surface area contributed by atoms with Crippen molar-refractivity contribution >= 4 is 16.9 Å². The van der Waals surface area contributed by atoms with Crippen LogP contribution >= 0.6 is 0 Å². The number of hydrogen-bond donors (Lipinski definition) is 0. The van der Waals surface area contributed by atoms with Crippen molar-refractivity contribution in [3.63, 3.8) is 0 Å². The van der Waals surface area contributed by atoms with Crippen LogP contribution in [0.5, 0.6) is 0 Å². The van der Waals surface area contributed by atoms with Crippen molar-refractivity contribution in [1.29, 1.82) is 0 Å². The summed E-state index contributed by atoms with van der Waals surface area (Å²) in [5, 5.41) is 5.21. The highest BCUT2D eigenvalue weighted by molar-refractivity contribution is 5.79.